The Bertz CT molecular complexity index is 820. The predicted octanol–water partition coefficient (Wildman–Crippen LogP) is 2.31. The predicted molar refractivity (Wildman–Crippen MR) is 87.2 cm³/mol. The number of hydrogen-bond donors (Lipinski definition) is 2. The minimum Gasteiger partial charge on any atom is -0.481 e. The second kappa shape index (κ2) is 6.07. The Hall–Kier alpha value is -2.12. The van der Waals surface area contributed by atoms with E-state index >= 15 is 0 Å². The standard InChI is InChI=1S/C17H19NO5S/c1-12(11-14-3-2-10-23-14)18-24(21,22)15-6-4-13(5-7-15)17(8-9-17)16(19)20/h2-7,10,12,18H,8-9,11H2,1H3,(H,19,20). The highest BCUT2D eigenvalue weighted by atomic mass is 32.2. The average molecular weight is 349 g/mol. The number of carboxylic acids is 1. The van der Waals surface area contributed by atoms with Crippen molar-refractivity contribution in [2.45, 2.75) is 42.5 Å². The third-order valence-corrected chi connectivity index (χ3v) is 5.93. The van der Waals surface area contributed by atoms with Crippen LogP contribution in [0.5, 0.6) is 0 Å². The van der Waals surface area contributed by atoms with E-state index in [1.165, 1.54) is 12.1 Å². The fraction of sp³-hybridized carbons (Fsp3) is 0.353. The van der Waals surface area contributed by atoms with Gasteiger partial charge in [-0.3, -0.25) is 4.79 Å². The first-order valence-corrected chi connectivity index (χ1v) is 9.20. The van der Waals surface area contributed by atoms with Crippen molar-refractivity contribution in [3.8, 4) is 0 Å². The molecule has 1 aliphatic carbocycles. The molecule has 24 heavy (non-hydrogen) atoms. The number of carbonyl (C=O) groups is 1. The molecular weight excluding hydrogens is 330 g/mol. The number of hydrogen-bond acceptors (Lipinski definition) is 4. The molecule has 1 fully saturated rings. The number of nitrogens with one attached hydrogen (secondary N) is 1. The molecule has 0 amide bonds. The van der Waals surface area contributed by atoms with Crippen LogP contribution in [0.15, 0.2) is 52.0 Å². The molecule has 3 rings (SSSR count). The van der Waals surface area contributed by atoms with E-state index < -0.39 is 21.4 Å². The van der Waals surface area contributed by atoms with Gasteiger partial charge in [0.05, 0.1) is 16.6 Å². The summed E-state index contributed by atoms with van der Waals surface area (Å²) in [6, 6.07) is 9.32. The van der Waals surface area contributed by atoms with Gasteiger partial charge < -0.3 is 9.52 Å². The van der Waals surface area contributed by atoms with E-state index in [0.717, 1.165) is 0 Å². The van der Waals surface area contributed by atoms with Crippen molar-refractivity contribution >= 4 is 16.0 Å². The number of sulfonamides is 1. The van der Waals surface area contributed by atoms with Gasteiger partial charge >= 0.3 is 5.97 Å². The van der Waals surface area contributed by atoms with E-state index in [4.69, 9.17) is 4.42 Å². The van der Waals surface area contributed by atoms with Gasteiger partial charge in [0.25, 0.3) is 0 Å². The maximum Gasteiger partial charge on any atom is 0.314 e. The molecule has 0 aliphatic heterocycles. The summed E-state index contributed by atoms with van der Waals surface area (Å²) in [5, 5.41) is 9.29. The number of carboxylic acid groups (broad SMARTS) is 1. The van der Waals surface area contributed by atoms with Crippen molar-refractivity contribution in [2.24, 2.45) is 0 Å². The van der Waals surface area contributed by atoms with Crippen LogP contribution >= 0.6 is 0 Å². The van der Waals surface area contributed by atoms with Gasteiger partial charge in [-0.2, -0.15) is 0 Å². The Kier molecular flexibility index (Phi) is 4.23. The van der Waals surface area contributed by atoms with Gasteiger partial charge in [0.2, 0.25) is 10.0 Å². The summed E-state index contributed by atoms with van der Waals surface area (Å²) in [6.45, 7) is 1.76. The molecule has 0 saturated heterocycles. The molecule has 0 bridgehead atoms. The SMILES string of the molecule is CC(Cc1ccco1)NS(=O)(=O)c1ccc(C2(C(=O)O)CC2)cc1. The molecule has 1 aromatic heterocycles. The van der Waals surface area contributed by atoms with Crippen LogP contribution in [0.3, 0.4) is 0 Å². The van der Waals surface area contributed by atoms with Gasteiger partial charge in [-0.05, 0) is 49.6 Å². The van der Waals surface area contributed by atoms with Crippen molar-refractivity contribution < 1.29 is 22.7 Å². The molecular formula is C17H19NO5S. The molecule has 2 N–H and O–H groups in total. The zero-order chi connectivity index (χ0) is 17.4. The molecule has 6 nitrogen and oxygen atoms in total. The molecule has 2 aromatic rings. The molecule has 1 saturated carbocycles. The lowest BCUT2D eigenvalue weighted by Crippen LogP contribution is -2.34. The van der Waals surface area contributed by atoms with E-state index in [1.54, 1.807) is 37.5 Å². The van der Waals surface area contributed by atoms with E-state index in [1.807, 2.05) is 0 Å². The molecule has 1 atom stereocenters. The topological polar surface area (TPSA) is 96.6 Å². The van der Waals surface area contributed by atoms with Crippen LogP contribution in [0.2, 0.25) is 0 Å². The van der Waals surface area contributed by atoms with Crippen LogP contribution in [-0.2, 0) is 26.7 Å². The molecule has 1 aliphatic rings. The summed E-state index contributed by atoms with van der Waals surface area (Å²) in [4.78, 5) is 11.4. The first-order chi connectivity index (χ1) is 11.3. The first kappa shape index (κ1) is 16.7. The third-order valence-electron chi connectivity index (χ3n) is 4.32. The van der Waals surface area contributed by atoms with E-state index in [0.29, 0.717) is 30.6 Å². The number of aliphatic carboxylic acids is 1. The Morgan fingerprint density at radius 3 is 2.46 bits per heavy atom. The highest BCUT2D eigenvalue weighted by Gasteiger charge is 2.51. The normalized spacial score (nSPS) is 17.4. The van der Waals surface area contributed by atoms with E-state index in [2.05, 4.69) is 4.72 Å². The summed E-state index contributed by atoms with van der Waals surface area (Å²) in [7, 11) is -3.66. The van der Waals surface area contributed by atoms with Gasteiger partial charge in [0, 0.05) is 12.5 Å². The van der Waals surface area contributed by atoms with E-state index in [-0.39, 0.29) is 10.9 Å². The Balaban J connectivity index is 1.72. The zero-order valence-electron chi connectivity index (χ0n) is 13.2. The molecule has 0 radical (unpaired) electrons. The van der Waals surface area contributed by atoms with Crippen molar-refractivity contribution in [3.63, 3.8) is 0 Å². The summed E-state index contributed by atoms with van der Waals surface area (Å²) >= 11 is 0. The zero-order valence-corrected chi connectivity index (χ0v) is 14.0. The second-order valence-electron chi connectivity index (χ2n) is 6.22. The highest BCUT2D eigenvalue weighted by Crippen LogP contribution is 2.48. The van der Waals surface area contributed by atoms with E-state index in [9.17, 15) is 18.3 Å². The van der Waals surface area contributed by atoms with Crippen molar-refractivity contribution in [1.82, 2.24) is 4.72 Å². The van der Waals surface area contributed by atoms with Crippen LogP contribution in [0, 0.1) is 0 Å². The lowest BCUT2D eigenvalue weighted by molar-refractivity contribution is -0.140. The fourth-order valence-electron chi connectivity index (χ4n) is 2.81. The van der Waals surface area contributed by atoms with Crippen LogP contribution in [0.4, 0.5) is 0 Å². The van der Waals surface area contributed by atoms with Gasteiger partial charge in [0.1, 0.15) is 5.76 Å². The monoisotopic (exact) mass is 349 g/mol. The second-order valence-corrected chi connectivity index (χ2v) is 7.93. The van der Waals surface area contributed by atoms with Crippen LogP contribution in [0.1, 0.15) is 31.1 Å². The quantitative estimate of drug-likeness (QED) is 0.799. The molecule has 1 unspecified atom stereocenters. The van der Waals surface area contributed by atoms with Gasteiger partial charge in [0.15, 0.2) is 0 Å². The average Bonchev–Trinajstić information content (AvgIpc) is 3.19. The summed E-state index contributed by atoms with van der Waals surface area (Å²) < 4.78 is 32.7. The Labute approximate surface area is 140 Å². The number of rotatable bonds is 7. The van der Waals surface area contributed by atoms with Gasteiger partial charge in [-0.25, -0.2) is 13.1 Å². The smallest absolute Gasteiger partial charge is 0.314 e. The molecule has 7 heteroatoms. The van der Waals surface area contributed by atoms with Crippen molar-refractivity contribution in [3.05, 3.63) is 54.0 Å². The summed E-state index contributed by atoms with van der Waals surface area (Å²) in [6.07, 6.45) is 3.18. The third kappa shape index (κ3) is 3.22. The Morgan fingerprint density at radius 2 is 1.96 bits per heavy atom. The largest absolute Gasteiger partial charge is 0.481 e. The van der Waals surface area contributed by atoms with Gasteiger partial charge in [-0.1, -0.05) is 12.1 Å². The lowest BCUT2D eigenvalue weighted by atomic mass is 9.96. The van der Waals surface area contributed by atoms with Crippen LogP contribution < -0.4 is 4.72 Å². The van der Waals surface area contributed by atoms with Gasteiger partial charge in [-0.15, -0.1) is 0 Å². The maximum atomic E-state index is 12.4. The van der Waals surface area contributed by atoms with Crippen molar-refractivity contribution in [1.29, 1.82) is 0 Å². The van der Waals surface area contributed by atoms with Crippen LogP contribution in [0.25, 0.3) is 0 Å². The summed E-state index contributed by atoms with van der Waals surface area (Å²) in [5.41, 5.74) is -0.181. The molecule has 1 heterocycles. The number of benzene rings is 1. The fourth-order valence-corrected chi connectivity index (χ4v) is 4.05. The van der Waals surface area contributed by atoms with Crippen LogP contribution in [-0.4, -0.2) is 25.5 Å². The highest BCUT2D eigenvalue weighted by molar-refractivity contribution is 7.89. The Morgan fingerprint density at radius 1 is 1.29 bits per heavy atom. The molecule has 1 aromatic carbocycles. The molecule has 0 spiro atoms. The molecule has 128 valence electrons. The maximum absolute atomic E-state index is 12.4. The lowest BCUT2D eigenvalue weighted by Gasteiger charge is -2.14. The minimum absolute atomic E-state index is 0.124. The number of furan rings is 1. The summed E-state index contributed by atoms with van der Waals surface area (Å²) in [5.74, 6) is -0.152. The minimum atomic E-state index is -3.66. The first-order valence-electron chi connectivity index (χ1n) is 7.72. The van der Waals surface area contributed by atoms with Crippen molar-refractivity contribution in [2.75, 3.05) is 0 Å².